The van der Waals surface area contributed by atoms with E-state index in [1.54, 1.807) is 0 Å². The second-order valence-corrected chi connectivity index (χ2v) is 6.41. The number of aromatic nitrogens is 1. The molecule has 1 saturated heterocycles. The quantitative estimate of drug-likeness (QED) is 0.916. The van der Waals surface area contributed by atoms with Crippen LogP contribution < -0.4 is 5.32 Å². The second kappa shape index (κ2) is 7.62. The molecule has 5 heteroatoms. The molecule has 1 aromatic carbocycles. The maximum atomic E-state index is 13.1. The number of aryl methyl sites for hydroxylation is 2. The molecule has 1 aromatic heterocycles. The number of hydrogen-bond acceptors (Lipinski definition) is 4. The molecule has 0 bridgehead atoms. The molecular weight excluding hydrogens is 302 g/mol. The molecule has 1 N–H and O–H groups in total. The minimum absolute atomic E-state index is 0.160. The van der Waals surface area contributed by atoms with Crippen LogP contribution in [-0.4, -0.2) is 29.1 Å². The smallest absolute Gasteiger partial charge is 0.244 e. The monoisotopic (exact) mass is 327 g/mol. The Kier molecular flexibility index (Phi) is 5.30. The third-order valence-electron chi connectivity index (χ3n) is 4.71. The van der Waals surface area contributed by atoms with Gasteiger partial charge >= 0.3 is 0 Å². The van der Waals surface area contributed by atoms with Crippen molar-refractivity contribution in [1.29, 1.82) is 0 Å². The Morgan fingerprint density at radius 3 is 2.54 bits per heavy atom. The number of likely N-dealkylation sites (tertiary alicyclic amines) is 1. The zero-order chi connectivity index (χ0) is 16.9. The number of piperidine rings is 1. The van der Waals surface area contributed by atoms with Crippen LogP contribution in [0.3, 0.4) is 0 Å². The zero-order valence-corrected chi connectivity index (χ0v) is 14.4. The van der Waals surface area contributed by atoms with Gasteiger partial charge in [-0.25, -0.2) is 0 Å². The van der Waals surface area contributed by atoms with Crippen molar-refractivity contribution >= 4 is 5.91 Å². The van der Waals surface area contributed by atoms with Crippen molar-refractivity contribution in [2.24, 2.45) is 0 Å². The molecular formula is C19H25N3O2. The third-order valence-corrected chi connectivity index (χ3v) is 4.71. The summed E-state index contributed by atoms with van der Waals surface area (Å²) < 4.78 is 5.22. The number of hydrogen-bond donors (Lipinski definition) is 1. The van der Waals surface area contributed by atoms with Gasteiger partial charge in [0.15, 0.2) is 0 Å². The summed E-state index contributed by atoms with van der Waals surface area (Å²) in [4.78, 5) is 15.0. The van der Waals surface area contributed by atoms with Gasteiger partial charge in [-0.15, -0.1) is 0 Å². The van der Waals surface area contributed by atoms with E-state index in [4.69, 9.17) is 4.52 Å². The summed E-state index contributed by atoms with van der Waals surface area (Å²) in [7, 11) is 0. The Labute approximate surface area is 143 Å². The molecule has 1 aliphatic rings. The molecule has 3 rings (SSSR count). The van der Waals surface area contributed by atoms with Crippen LogP contribution >= 0.6 is 0 Å². The van der Waals surface area contributed by atoms with Gasteiger partial charge in [-0.1, -0.05) is 35.5 Å². The Balaban J connectivity index is 1.78. The van der Waals surface area contributed by atoms with Crippen LogP contribution in [0.4, 0.5) is 0 Å². The molecule has 5 nitrogen and oxygen atoms in total. The summed E-state index contributed by atoms with van der Waals surface area (Å²) in [6.45, 7) is 6.11. The highest BCUT2D eigenvalue weighted by Crippen LogP contribution is 2.21. The van der Waals surface area contributed by atoms with E-state index in [0.29, 0.717) is 6.54 Å². The number of carbonyl (C=O) groups excluding carboxylic acids is 1. The molecule has 128 valence electrons. The van der Waals surface area contributed by atoms with Crippen LogP contribution in [0.15, 0.2) is 34.9 Å². The van der Waals surface area contributed by atoms with Gasteiger partial charge in [-0.05, 0) is 38.7 Å². The summed E-state index contributed by atoms with van der Waals surface area (Å²) >= 11 is 0. The number of amides is 1. The predicted octanol–water partition coefficient (Wildman–Crippen LogP) is 3.13. The number of carbonyl (C=O) groups is 1. The SMILES string of the molecule is Cc1noc(C)c1CN[C@H](C(=O)N1CCCCC1)c1ccccc1. The van der Waals surface area contributed by atoms with Crippen molar-refractivity contribution in [3.8, 4) is 0 Å². The third kappa shape index (κ3) is 3.67. The van der Waals surface area contributed by atoms with E-state index in [9.17, 15) is 4.79 Å². The van der Waals surface area contributed by atoms with Crippen LogP contribution in [0, 0.1) is 13.8 Å². The molecule has 0 spiro atoms. The molecule has 0 radical (unpaired) electrons. The van der Waals surface area contributed by atoms with Crippen molar-refractivity contribution in [1.82, 2.24) is 15.4 Å². The Morgan fingerprint density at radius 1 is 1.21 bits per heavy atom. The van der Waals surface area contributed by atoms with Gasteiger partial charge in [0.1, 0.15) is 11.8 Å². The molecule has 24 heavy (non-hydrogen) atoms. The van der Waals surface area contributed by atoms with Crippen LogP contribution in [0.1, 0.15) is 47.9 Å². The van der Waals surface area contributed by atoms with Crippen molar-refractivity contribution in [3.63, 3.8) is 0 Å². The lowest BCUT2D eigenvalue weighted by molar-refractivity contribution is -0.134. The minimum atomic E-state index is -0.335. The lowest BCUT2D eigenvalue weighted by atomic mass is 10.0. The Morgan fingerprint density at radius 2 is 1.92 bits per heavy atom. The minimum Gasteiger partial charge on any atom is -0.361 e. The highest BCUT2D eigenvalue weighted by Gasteiger charge is 2.27. The maximum absolute atomic E-state index is 13.1. The molecule has 2 heterocycles. The number of nitrogens with zero attached hydrogens (tertiary/aromatic N) is 2. The lowest BCUT2D eigenvalue weighted by Gasteiger charge is -2.31. The molecule has 2 aromatic rings. The second-order valence-electron chi connectivity index (χ2n) is 6.41. The predicted molar refractivity (Wildman–Crippen MR) is 92.4 cm³/mol. The fourth-order valence-corrected chi connectivity index (χ4v) is 3.25. The zero-order valence-electron chi connectivity index (χ0n) is 14.4. The molecule has 1 atom stereocenters. The first-order valence-electron chi connectivity index (χ1n) is 8.65. The van der Waals surface area contributed by atoms with E-state index in [-0.39, 0.29) is 11.9 Å². The average molecular weight is 327 g/mol. The molecule has 1 fully saturated rings. The summed E-state index contributed by atoms with van der Waals surface area (Å²) in [5.41, 5.74) is 2.90. The summed E-state index contributed by atoms with van der Waals surface area (Å²) in [6, 6.07) is 9.60. The summed E-state index contributed by atoms with van der Waals surface area (Å²) in [5.74, 6) is 0.963. The van der Waals surface area contributed by atoms with Gasteiger partial charge in [0.25, 0.3) is 0 Å². The maximum Gasteiger partial charge on any atom is 0.244 e. The van der Waals surface area contributed by atoms with Gasteiger partial charge in [0, 0.05) is 25.2 Å². The van der Waals surface area contributed by atoms with Gasteiger partial charge < -0.3 is 9.42 Å². The van der Waals surface area contributed by atoms with Gasteiger partial charge in [-0.3, -0.25) is 10.1 Å². The first-order valence-corrected chi connectivity index (χ1v) is 8.65. The average Bonchev–Trinajstić information content (AvgIpc) is 2.95. The summed E-state index contributed by atoms with van der Waals surface area (Å²) in [5, 5.41) is 7.42. The van der Waals surface area contributed by atoms with Crippen molar-refractivity contribution < 1.29 is 9.32 Å². The van der Waals surface area contributed by atoms with Crippen LogP contribution in [0.2, 0.25) is 0 Å². The van der Waals surface area contributed by atoms with E-state index in [1.807, 2.05) is 49.1 Å². The molecule has 0 unspecified atom stereocenters. The van der Waals surface area contributed by atoms with Gasteiger partial charge in [-0.2, -0.15) is 0 Å². The molecule has 0 saturated carbocycles. The molecule has 0 aliphatic carbocycles. The highest BCUT2D eigenvalue weighted by atomic mass is 16.5. The molecule has 1 aliphatic heterocycles. The Bertz CT molecular complexity index is 656. The van der Waals surface area contributed by atoms with E-state index in [1.165, 1.54) is 6.42 Å². The van der Waals surface area contributed by atoms with E-state index >= 15 is 0 Å². The van der Waals surface area contributed by atoms with Crippen LogP contribution in [-0.2, 0) is 11.3 Å². The summed E-state index contributed by atoms with van der Waals surface area (Å²) in [6.07, 6.45) is 3.40. The van der Waals surface area contributed by atoms with Crippen LogP contribution in [0.5, 0.6) is 0 Å². The van der Waals surface area contributed by atoms with E-state index < -0.39 is 0 Å². The van der Waals surface area contributed by atoms with Crippen molar-refractivity contribution in [2.75, 3.05) is 13.1 Å². The van der Waals surface area contributed by atoms with Crippen molar-refractivity contribution in [3.05, 3.63) is 52.9 Å². The first-order chi connectivity index (χ1) is 11.7. The van der Waals surface area contributed by atoms with Crippen LogP contribution in [0.25, 0.3) is 0 Å². The fraction of sp³-hybridized carbons (Fsp3) is 0.474. The van der Waals surface area contributed by atoms with Gasteiger partial charge in [0.05, 0.1) is 5.69 Å². The van der Waals surface area contributed by atoms with E-state index in [0.717, 1.165) is 48.5 Å². The highest BCUT2D eigenvalue weighted by molar-refractivity contribution is 5.83. The fourth-order valence-electron chi connectivity index (χ4n) is 3.25. The Hall–Kier alpha value is -2.14. The normalized spacial score (nSPS) is 16.2. The largest absolute Gasteiger partial charge is 0.361 e. The standard InChI is InChI=1S/C19H25N3O2/c1-14-17(15(2)24-21-14)13-20-18(16-9-5-3-6-10-16)19(23)22-11-7-4-8-12-22/h3,5-6,9-10,18,20H,4,7-8,11-13H2,1-2H3/t18-/m0/s1. The topological polar surface area (TPSA) is 58.4 Å². The van der Waals surface area contributed by atoms with Gasteiger partial charge in [0.2, 0.25) is 5.91 Å². The van der Waals surface area contributed by atoms with Crippen molar-refractivity contribution in [2.45, 2.75) is 45.7 Å². The number of benzene rings is 1. The van der Waals surface area contributed by atoms with E-state index in [2.05, 4.69) is 10.5 Å². The lowest BCUT2D eigenvalue weighted by Crippen LogP contribution is -2.43. The first kappa shape index (κ1) is 16.7. The molecule has 1 amide bonds. The number of nitrogens with one attached hydrogen (secondary N) is 1. The number of rotatable bonds is 5.